The minimum absolute atomic E-state index is 0.357. The van der Waals surface area contributed by atoms with E-state index in [0.717, 1.165) is 18.7 Å². The fraction of sp³-hybridized carbons (Fsp3) is 0.294. The third kappa shape index (κ3) is 2.24. The van der Waals surface area contributed by atoms with Gasteiger partial charge in [0.1, 0.15) is 5.75 Å². The Hall–Kier alpha value is -1.80. The van der Waals surface area contributed by atoms with Crippen LogP contribution in [0.3, 0.4) is 0 Å². The SMILES string of the molecule is COc1ccc2c(c1)CCN(C)C2c1ccccc1. The summed E-state index contributed by atoms with van der Waals surface area (Å²) in [5.41, 5.74) is 4.17. The van der Waals surface area contributed by atoms with Crippen molar-refractivity contribution in [2.75, 3.05) is 20.7 Å². The van der Waals surface area contributed by atoms with Crippen LogP contribution in [0.25, 0.3) is 0 Å². The Labute approximate surface area is 114 Å². The predicted molar refractivity (Wildman–Crippen MR) is 77.6 cm³/mol. The molecule has 1 unspecified atom stereocenters. The molecule has 1 aliphatic rings. The van der Waals surface area contributed by atoms with Crippen molar-refractivity contribution in [2.24, 2.45) is 0 Å². The van der Waals surface area contributed by atoms with E-state index in [1.165, 1.54) is 16.7 Å². The highest BCUT2D eigenvalue weighted by Crippen LogP contribution is 2.35. The van der Waals surface area contributed by atoms with E-state index in [4.69, 9.17) is 4.74 Å². The first-order chi connectivity index (χ1) is 9.29. The fourth-order valence-corrected chi connectivity index (χ4v) is 2.93. The van der Waals surface area contributed by atoms with Crippen LogP contribution in [0, 0.1) is 0 Å². The molecule has 3 rings (SSSR count). The monoisotopic (exact) mass is 253 g/mol. The van der Waals surface area contributed by atoms with Crippen molar-refractivity contribution in [2.45, 2.75) is 12.5 Å². The van der Waals surface area contributed by atoms with E-state index in [1.807, 2.05) is 0 Å². The van der Waals surface area contributed by atoms with Gasteiger partial charge in [0, 0.05) is 6.54 Å². The number of nitrogens with zero attached hydrogens (tertiary/aromatic N) is 1. The van der Waals surface area contributed by atoms with E-state index in [1.54, 1.807) is 7.11 Å². The summed E-state index contributed by atoms with van der Waals surface area (Å²) in [6.07, 6.45) is 1.09. The van der Waals surface area contributed by atoms with Gasteiger partial charge < -0.3 is 4.74 Å². The molecule has 0 fully saturated rings. The molecule has 0 saturated carbocycles. The smallest absolute Gasteiger partial charge is 0.119 e. The molecule has 1 aliphatic heterocycles. The third-order valence-electron chi connectivity index (χ3n) is 3.93. The number of rotatable bonds is 2. The van der Waals surface area contributed by atoms with Gasteiger partial charge >= 0.3 is 0 Å². The summed E-state index contributed by atoms with van der Waals surface area (Å²) < 4.78 is 5.33. The molecule has 2 nitrogen and oxygen atoms in total. The molecule has 0 aromatic heterocycles. The second-order valence-electron chi connectivity index (χ2n) is 5.11. The Bertz CT molecular complexity index is 565. The summed E-state index contributed by atoms with van der Waals surface area (Å²) in [4.78, 5) is 2.42. The molecule has 0 aliphatic carbocycles. The number of hydrogen-bond acceptors (Lipinski definition) is 2. The Morgan fingerprint density at radius 3 is 2.63 bits per heavy atom. The van der Waals surface area contributed by atoms with Crippen LogP contribution in [-0.2, 0) is 6.42 Å². The standard InChI is InChI=1S/C17H19NO/c1-18-11-10-14-12-15(19-2)8-9-16(14)17(18)13-6-4-3-5-7-13/h3-9,12,17H,10-11H2,1-2H3. The molecule has 0 radical (unpaired) electrons. The third-order valence-corrected chi connectivity index (χ3v) is 3.93. The van der Waals surface area contributed by atoms with Crippen molar-refractivity contribution >= 4 is 0 Å². The van der Waals surface area contributed by atoms with Crippen molar-refractivity contribution in [1.82, 2.24) is 4.90 Å². The lowest BCUT2D eigenvalue weighted by Gasteiger charge is -2.35. The van der Waals surface area contributed by atoms with Gasteiger partial charge in [-0.25, -0.2) is 0 Å². The maximum absolute atomic E-state index is 5.33. The summed E-state index contributed by atoms with van der Waals surface area (Å²) in [6, 6.07) is 17.5. The molecule has 1 atom stereocenters. The minimum atomic E-state index is 0.357. The molecule has 0 spiro atoms. The van der Waals surface area contributed by atoms with E-state index in [9.17, 15) is 0 Å². The lowest BCUT2D eigenvalue weighted by molar-refractivity contribution is 0.264. The van der Waals surface area contributed by atoms with Gasteiger partial charge in [-0.3, -0.25) is 4.90 Å². The fourth-order valence-electron chi connectivity index (χ4n) is 2.93. The molecular formula is C17H19NO. The second-order valence-corrected chi connectivity index (χ2v) is 5.11. The van der Waals surface area contributed by atoms with Crippen LogP contribution in [0.15, 0.2) is 48.5 Å². The molecule has 2 heteroatoms. The molecule has 0 amide bonds. The number of ether oxygens (including phenoxy) is 1. The molecule has 0 bridgehead atoms. The van der Waals surface area contributed by atoms with Gasteiger partial charge in [-0.15, -0.1) is 0 Å². The summed E-state index contributed by atoms with van der Waals surface area (Å²) in [6.45, 7) is 1.08. The topological polar surface area (TPSA) is 12.5 Å². The molecule has 0 N–H and O–H groups in total. The van der Waals surface area contributed by atoms with E-state index in [2.05, 4.69) is 60.5 Å². The van der Waals surface area contributed by atoms with Gasteiger partial charge in [-0.1, -0.05) is 36.4 Å². The molecule has 98 valence electrons. The summed E-state index contributed by atoms with van der Waals surface area (Å²) in [5, 5.41) is 0. The highest BCUT2D eigenvalue weighted by Gasteiger charge is 2.26. The van der Waals surface area contributed by atoms with Crippen LogP contribution in [0.2, 0.25) is 0 Å². The minimum Gasteiger partial charge on any atom is -0.497 e. The summed E-state index contributed by atoms with van der Waals surface area (Å²) in [7, 11) is 3.93. The number of hydrogen-bond donors (Lipinski definition) is 0. The number of fused-ring (bicyclic) bond motifs is 1. The maximum atomic E-state index is 5.33. The van der Waals surface area contributed by atoms with Crippen LogP contribution in [0.1, 0.15) is 22.7 Å². The normalized spacial score (nSPS) is 18.9. The van der Waals surface area contributed by atoms with Crippen LogP contribution in [0.5, 0.6) is 5.75 Å². The zero-order valence-corrected chi connectivity index (χ0v) is 11.5. The first kappa shape index (κ1) is 12.2. The predicted octanol–water partition coefficient (Wildman–Crippen LogP) is 3.27. The van der Waals surface area contributed by atoms with E-state index < -0.39 is 0 Å². The van der Waals surface area contributed by atoms with Crippen LogP contribution < -0.4 is 4.74 Å². The highest BCUT2D eigenvalue weighted by atomic mass is 16.5. The van der Waals surface area contributed by atoms with E-state index in [-0.39, 0.29) is 0 Å². The van der Waals surface area contributed by atoms with Crippen LogP contribution >= 0.6 is 0 Å². The Balaban J connectivity index is 2.07. The highest BCUT2D eigenvalue weighted by molar-refractivity contribution is 5.43. The molecule has 2 aromatic carbocycles. The Morgan fingerprint density at radius 2 is 1.89 bits per heavy atom. The lowest BCUT2D eigenvalue weighted by Crippen LogP contribution is -2.32. The Morgan fingerprint density at radius 1 is 1.11 bits per heavy atom. The number of benzene rings is 2. The van der Waals surface area contributed by atoms with Crippen molar-refractivity contribution in [1.29, 1.82) is 0 Å². The maximum Gasteiger partial charge on any atom is 0.119 e. The van der Waals surface area contributed by atoms with Crippen molar-refractivity contribution in [3.8, 4) is 5.75 Å². The van der Waals surface area contributed by atoms with E-state index in [0.29, 0.717) is 6.04 Å². The zero-order valence-electron chi connectivity index (χ0n) is 11.5. The summed E-state index contributed by atoms with van der Waals surface area (Å²) >= 11 is 0. The van der Waals surface area contributed by atoms with Gasteiger partial charge in [-0.05, 0) is 42.3 Å². The van der Waals surface area contributed by atoms with Gasteiger partial charge in [0.25, 0.3) is 0 Å². The van der Waals surface area contributed by atoms with Crippen molar-refractivity contribution in [3.05, 3.63) is 65.2 Å². The Kier molecular flexibility index (Phi) is 3.26. The van der Waals surface area contributed by atoms with Gasteiger partial charge in [-0.2, -0.15) is 0 Å². The molecule has 19 heavy (non-hydrogen) atoms. The number of methoxy groups -OCH3 is 1. The average Bonchev–Trinajstić information content (AvgIpc) is 2.47. The van der Waals surface area contributed by atoms with Gasteiger partial charge in [0.05, 0.1) is 13.2 Å². The quantitative estimate of drug-likeness (QED) is 0.814. The molecule has 0 saturated heterocycles. The van der Waals surface area contributed by atoms with Crippen LogP contribution in [0.4, 0.5) is 0 Å². The first-order valence-electron chi connectivity index (χ1n) is 6.71. The first-order valence-corrected chi connectivity index (χ1v) is 6.71. The number of likely N-dealkylation sites (N-methyl/N-ethyl adjacent to an activating group) is 1. The average molecular weight is 253 g/mol. The van der Waals surface area contributed by atoms with Gasteiger partial charge in [0.15, 0.2) is 0 Å². The second kappa shape index (κ2) is 5.06. The van der Waals surface area contributed by atoms with Gasteiger partial charge in [0.2, 0.25) is 0 Å². The molecule has 2 aromatic rings. The molecule has 1 heterocycles. The lowest BCUT2D eigenvalue weighted by atomic mass is 9.88. The molecular weight excluding hydrogens is 234 g/mol. The largest absolute Gasteiger partial charge is 0.497 e. The van der Waals surface area contributed by atoms with Crippen LogP contribution in [-0.4, -0.2) is 25.6 Å². The summed E-state index contributed by atoms with van der Waals surface area (Å²) in [5.74, 6) is 0.954. The van der Waals surface area contributed by atoms with E-state index >= 15 is 0 Å². The van der Waals surface area contributed by atoms with Crippen molar-refractivity contribution < 1.29 is 4.74 Å². The van der Waals surface area contributed by atoms with Crippen molar-refractivity contribution in [3.63, 3.8) is 0 Å². The zero-order chi connectivity index (χ0) is 13.2.